The van der Waals surface area contributed by atoms with Crippen molar-refractivity contribution in [2.75, 3.05) is 12.1 Å². The van der Waals surface area contributed by atoms with Crippen LogP contribution >= 0.6 is 11.6 Å². The van der Waals surface area contributed by atoms with E-state index in [1.165, 1.54) is 11.1 Å². The van der Waals surface area contributed by atoms with Crippen LogP contribution < -0.4 is 22.1 Å². The van der Waals surface area contributed by atoms with Gasteiger partial charge in [-0.05, 0) is 25.3 Å². The predicted molar refractivity (Wildman–Crippen MR) is 104 cm³/mol. The Morgan fingerprint density at radius 3 is 2.52 bits per heavy atom. The van der Waals surface area contributed by atoms with Gasteiger partial charge in [-0.1, -0.05) is 42.0 Å². The molecule has 0 heterocycles. The first-order valence-electron chi connectivity index (χ1n) is 7.42. The maximum Gasteiger partial charge on any atom is 0.417 e. The topological polar surface area (TPSA) is 96.7 Å². The molecule has 0 spiro atoms. The Balaban J connectivity index is 0.00000153. The second kappa shape index (κ2) is 12.7. The van der Waals surface area contributed by atoms with E-state index < -0.39 is 11.7 Å². The van der Waals surface area contributed by atoms with Gasteiger partial charge in [0.05, 0.1) is 11.3 Å². The van der Waals surface area contributed by atoms with E-state index in [4.69, 9.17) is 22.2 Å². The number of rotatable bonds is 7. The molecule has 0 unspecified atom stereocenters. The molecule has 148 valence electrons. The Kier molecular flexibility index (Phi) is 11.5. The zero-order chi connectivity index (χ0) is 20.9. The van der Waals surface area contributed by atoms with Crippen LogP contribution in [0.1, 0.15) is 12.0 Å². The summed E-state index contributed by atoms with van der Waals surface area (Å²) in [6, 6.07) is 5.27. The second-order valence-electron chi connectivity index (χ2n) is 4.87. The first-order chi connectivity index (χ1) is 12.7. The highest BCUT2D eigenvalue weighted by Gasteiger charge is 2.31. The lowest BCUT2D eigenvalue weighted by Gasteiger charge is -2.15. The molecule has 0 saturated heterocycles. The first-order valence-corrected chi connectivity index (χ1v) is 7.79. The molecule has 1 aromatic carbocycles. The number of nitrogens with two attached hydrogens (primary N) is 2. The van der Waals surface area contributed by atoms with Crippen molar-refractivity contribution in [3.8, 4) is 0 Å². The molecule has 0 aliphatic carbocycles. The maximum absolute atomic E-state index is 12.6. The zero-order valence-electron chi connectivity index (χ0n) is 14.6. The van der Waals surface area contributed by atoms with Gasteiger partial charge in [-0.3, -0.25) is 15.2 Å². The number of halogens is 4. The molecule has 10 heteroatoms. The Hall–Kier alpha value is -2.62. The standard InChI is InChI=1S/C16H17ClF3N3.CH4N2O/c1-22-11-12(16(18,19)20)7-4-3-5-8-13-14(17)9-6-10-15(13)23(2)21;2-3-1-4/h4-11H,1,3,21H2,2H3;1H,2H2,(H,3,4)/b7-4-,8-5+,12-11+;. The summed E-state index contributed by atoms with van der Waals surface area (Å²) >= 11 is 6.11. The number of amides is 1. The van der Waals surface area contributed by atoms with Gasteiger partial charge in [-0.25, -0.2) is 11.7 Å². The van der Waals surface area contributed by atoms with Crippen molar-refractivity contribution in [2.24, 2.45) is 16.7 Å². The highest BCUT2D eigenvalue weighted by molar-refractivity contribution is 6.32. The molecule has 0 saturated carbocycles. The van der Waals surface area contributed by atoms with Crippen molar-refractivity contribution >= 4 is 36.5 Å². The molecule has 0 aliphatic rings. The summed E-state index contributed by atoms with van der Waals surface area (Å²) in [5, 5.41) is 1.92. The van der Waals surface area contributed by atoms with Crippen LogP contribution in [0.3, 0.4) is 0 Å². The fraction of sp³-hybridized carbons (Fsp3) is 0.176. The highest BCUT2D eigenvalue weighted by atomic mass is 35.5. The van der Waals surface area contributed by atoms with E-state index in [1.807, 2.05) is 0 Å². The van der Waals surface area contributed by atoms with Crippen molar-refractivity contribution < 1.29 is 18.0 Å². The van der Waals surface area contributed by atoms with Crippen LogP contribution in [0, 0.1) is 0 Å². The highest BCUT2D eigenvalue weighted by Crippen LogP contribution is 2.28. The minimum atomic E-state index is -4.46. The molecule has 5 N–H and O–H groups in total. The number of carbonyl (C=O) groups is 1. The maximum atomic E-state index is 12.6. The molecule has 0 radical (unpaired) electrons. The number of anilines is 1. The third-order valence-corrected chi connectivity index (χ3v) is 3.22. The van der Waals surface area contributed by atoms with Crippen LogP contribution in [-0.2, 0) is 4.79 Å². The van der Waals surface area contributed by atoms with Gasteiger partial charge in [-0.15, -0.1) is 0 Å². The summed E-state index contributed by atoms with van der Waals surface area (Å²) in [6.07, 6.45) is 2.66. The SMILES string of the molecule is C=N/C=C(\C=C/C/C=C/c1c(Cl)cccc1N(C)N)C(F)(F)F.NNC=O. The number of nitrogens with zero attached hydrogens (tertiary/aromatic N) is 2. The number of hydrogen-bond donors (Lipinski definition) is 3. The summed E-state index contributed by atoms with van der Waals surface area (Å²) in [7, 11) is 1.67. The normalized spacial score (nSPS) is 11.9. The third kappa shape index (κ3) is 9.59. The molecular weight excluding hydrogens is 383 g/mol. The zero-order valence-corrected chi connectivity index (χ0v) is 15.3. The number of hydrogen-bond acceptors (Lipinski definition) is 5. The van der Waals surface area contributed by atoms with Gasteiger partial charge in [0.1, 0.15) is 0 Å². The summed E-state index contributed by atoms with van der Waals surface area (Å²) in [4.78, 5) is 12.1. The van der Waals surface area contributed by atoms with Gasteiger partial charge < -0.3 is 5.01 Å². The quantitative estimate of drug-likeness (QED) is 0.162. The van der Waals surface area contributed by atoms with E-state index >= 15 is 0 Å². The predicted octanol–water partition coefficient (Wildman–Crippen LogP) is 3.36. The van der Waals surface area contributed by atoms with Crippen LogP contribution in [0.15, 0.2) is 53.2 Å². The lowest BCUT2D eigenvalue weighted by Crippen LogP contribution is -2.25. The average Bonchev–Trinajstić information content (AvgIpc) is 2.60. The summed E-state index contributed by atoms with van der Waals surface area (Å²) < 4.78 is 37.8. The summed E-state index contributed by atoms with van der Waals surface area (Å²) in [5.74, 6) is 10.1. The first kappa shape index (κ1) is 24.4. The van der Waals surface area contributed by atoms with Crippen LogP contribution in [0.4, 0.5) is 18.9 Å². The monoisotopic (exact) mass is 403 g/mol. The second-order valence-corrected chi connectivity index (χ2v) is 5.28. The number of benzene rings is 1. The number of alkyl halides is 3. The number of allylic oxidation sites excluding steroid dienone is 4. The number of aliphatic imine (C=N–C) groups is 1. The van der Waals surface area contributed by atoms with Gasteiger partial charge >= 0.3 is 6.18 Å². The molecule has 0 aromatic heterocycles. The number of nitrogens with one attached hydrogen (secondary N) is 1. The van der Waals surface area contributed by atoms with Crippen LogP contribution in [0.25, 0.3) is 6.08 Å². The van der Waals surface area contributed by atoms with E-state index in [1.54, 1.807) is 42.8 Å². The lowest BCUT2D eigenvalue weighted by molar-refractivity contribution is -0.109. The van der Waals surface area contributed by atoms with E-state index in [0.29, 0.717) is 35.3 Å². The lowest BCUT2D eigenvalue weighted by atomic mass is 10.1. The molecule has 0 fully saturated rings. The summed E-state index contributed by atoms with van der Waals surface area (Å²) in [6.45, 7) is 3.03. The van der Waals surface area contributed by atoms with Crippen LogP contribution in [-0.4, -0.2) is 26.4 Å². The van der Waals surface area contributed by atoms with Crippen LogP contribution in [0.2, 0.25) is 5.02 Å². The fourth-order valence-corrected chi connectivity index (χ4v) is 2.00. The molecule has 27 heavy (non-hydrogen) atoms. The van der Waals surface area contributed by atoms with Crippen LogP contribution in [0.5, 0.6) is 0 Å². The minimum Gasteiger partial charge on any atom is -0.313 e. The van der Waals surface area contributed by atoms with Crippen molar-refractivity contribution in [3.63, 3.8) is 0 Å². The molecular formula is C17H21ClF3N5O. The molecule has 0 aliphatic heterocycles. The van der Waals surface area contributed by atoms with Gasteiger partial charge in [0, 0.05) is 23.8 Å². The van der Waals surface area contributed by atoms with Crippen molar-refractivity contribution in [1.29, 1.82) is 0 Å². The van der Waals surface area contributed by atoms with Gasteiger partial charge in [-0.2, -0.15) is 13.2 Å². The van der Waals surface area contributed by atoms with Crippen molar-refractivity contribution in [3.05, 3.63) is 58.8 Å². The molecule has 0 bridgehead atoms. The van der Waals surface area contributed by atoms with E-state index in [-0.39, 0.29) is 0 Å². The van der Waals surface area contributed by atoms with Gasteiger partial charge in [0.25, 0.3) is 0 Å². The molecule has 1 amide bonds. The van der Waals surface area contributed by atoms with Crippen molar-refractivity contribution in [1.82, 2.24) is 5.43 Å². The largest absolute Gasteiger partial charge is 0.417 e. The van der Waals surface area contributed by atoms with E-state index in [9.17, 15) is 13.2 Å². The molecule has 1 aromatic rings. The van der Waals surface area contributed by atoms with Gasteiger partial charge in [0.15, 0.2) is 0 Å². The average molecular weight is 404 g/mol. The Labute approximate surface area is 160 Å². The van der Waals surface area contributed by atoms with Gasteiger partial charge in [0.2, 0.25) is 6.41 Å². The van der Waals surface area contributed by atoms with Crippen molar-refractivity contribution in [2.45, 2.75) is 12.6 Å². The number of hydrazine groups is 2. The minimum absolute atomic E-state index is 0.295. The summed E-state index contributed by atoms with van der Waals surface area (Å²) in [5.41, 5.74) is 2.30. The molecule has 1 rings (SSSR count). The fourth-order valence-electron chi connectivity index (χ4n) is 1.77. The Morgan fingerprint density at radius 1 is 1.41 bits per heavy atom. The van der Waals surface area contributed by atoms with E-state index in [2.05, 4.69) is 17.6 Å². The van der Waals surface area contributed by atoms with E-state index in [0.717, 1.165) is 6.08 Å². The Bertz CT molecular complexity index is 700. The number of carbonyl (C=O) groups excluding carboxylic acids is 1. The Morgan fingerprint density at radius 2 is 2.04 bits per heavy atom. The molecule has 0 atom stereocenters. The third-order valence-electron chi connectivity index (χ3n) is 2.89. The molecule has 6 nitrogen and oxygen atoms in total. The smallest absolute Gasteiger partial charge is 0.313 e.